The second-order valence-corrected chi connectivity index (χ2v) is 5.85. The SMILES string of the molecule is CSc1ccc(CN(C)C(=O)C2=NN(C)C(=O)CC2)cc1. The van der Waals surface area contributed by atoms with Crippen LogP contribution in [-0.2, 0) is 16.1 Å². The fourth-order valence-corrected chi connectivity index (χ4v) is 2.53. The third-order valence-electron chi connectivity index (χ3n) is 3.38. The molecule has 0 saturated carbocycles. The lowest BCUT2D eigenvalue weighted by molar-refractivity contribution is -0.130. The van der Waals surface area contributed by atoms with Crippen molar-refractivity contribution in [1.29, 1.82) is 0 Å². The van der Waals surface area contributed by atoms with Crippen LogP contribution < -0.4 is 0 Å². The van der Waals surface area contributed by atoms with Crippen molar-refractivity contribution in [2.45, 2.75) is 24.3 Å². The molecule has 0 unspecified atom stereocenters. The van der Waals surface area contributed by atoms with E-state index in [1.54, 1.807) is 30.8 Å². The van der Waals surface area contributed by atoms with E-state index in [0.717, 1.165) is 5.56 Å². The molecular formula is C15H19N3O2S. The molecule has 0 N–H and O–H groups in total. The fourth-order valence-electron chi connectivity index (χ4n) is 2.12. The molecule has 1 heterocycles. The zero-order valence-electron chi connectivity index (χ0n) is 12.5. The van der Waals surface area contributed by atoms with Gasteiger partial charge in [0.15, 0.2) is 0 Å². The molecule has 6 heteroatoms. The molecule has 1 aromatic carbocycles. The Morgan fingerprint density at radius 1 is 1.33 bits per heavy atom. The Kier molecular flexibility index (Phi) is 5.01. The highest BCUT2D eigenvalue weighted by molar-refractivity contribution is 7.98. The number of rotatable bonds is 4. The van der Waals surface area contributed by atoms with E-state index in [1.807, 2.05) is 30.5 Å². The summed E-state index contributed by atoms with van der Waals surface area (Å²) < 4.78 is 0. The maximum atomic E-state index is 12.3. The van der Waals surface area contributed by atoms with E-state index >= 15 is 0 Å². The Bertz CT molecular complexity index is 569. The minimum absolute atomic E-state index is 0.0538. The molecule has 0 saturated heterocycles. The number of carbonyl (C=O) groups is 2. The third kappa shape index (κ3) is 3.85. The monoisotopic (exact) mass is 305 g/mol. The molecule has 1 aliphatic heterocycles. The Hall–Kier alpha value is -1.82. The van der Waals surface area contributed by atoms with Gasteiger partial charge >= 0.3 is 0 Å². The predicted molar refractivity (Wildman–Crippen MR) is 84.1 cm³/mol. The molecule has 0 aromatic heterocycles. The molecular weight excluding hydrogens is 286 g/mol. The molecule has 0 atom stereocenters. The Morgan fingerprint density at radius 3 is 2.57 bits per heavy atom. The second-order valence-electron chi connectivity index (χ2n) is 4.97. The van der Waals surface area contributed by atoms with Crippen LogP contribution in [0.3, 0.4) is 0 Å². The lowest BCUT2D eigenvalue weighted by Gasteiger charge is -2.23. The van der Waals surface area contributed by atoms with Crippen molar-refractivity contribution in [2.75, 3.05) is 20.4 Å². The summed E-state index contributed by atoms with van der Waals surface area (Å²) in [5.41, 5.74) is 1.52. The van der Waals surface area contributed by atoms with Gasteiger partial charge < -0.3 is 4.90 Å². The molecule has 21 heavy (non-hydrogen) atoms. The van der Waals surface area contributed by atoms with Crippen molar-refractivity contribution in [3.8, 4) is 0 Å². The van der Waals surface area contributed by atoms with Gasteiger partial charge in [0.05, 0.1) is 0 Å². The minimum atomic E-state index is -0.122. The number of amides is 2. The number of hydrazone groups is 1. The van der Waals surface area contributed by atoms with Crippen LogP contribution in [0.5, 0.6) is 0 Å². The average Bonchev–Trinajstić information content (AvgIpc) is 2.50. The van der Waals surface area contributed by atoms with Crippen LogP contribution in [0, 0.1) is 0 Å². The molecule has 5 nitrogen and oxygen atoms in total. The van der Waals surface area contributed by atoms with Crippen molar-refractivity contribution in [2.24, 2.45) is 5.10 Å². The average molecular weight is 305 g/mol. The summed E-state index contributed by atoms with van der Waals surface area (Å²) in [4.78, 5) is 26.5. The van der Waals surface area contributed by atoms with Crippen LogP contribution in [0.2, 0.25) is 0 Å². The number of hydrogen-bond donors (Lipinski definition) is 0. The first-order valence-electron chi connectivity index (χ1n) is 6.73. The van der Waals surface area contributed by atoms with Crippen LogP contribution in [0.1, 0.15) is 18.4 Å². The van der Waals surface area contributed by atoms with Crippen molar-refractivity contribution >= 4 is 29.3 Å². The fraction of sp³-hybridized carbons (Fsp3) is 0.400. The number of thioether (sulfide) groups is 1. The zero-order valence-corrected chi connectivity index (χ0v) is 13.3. The van der Waals surface area contributed by atoms with E-state index in [4.69, 9.17) is 0 Å². The first-order chi connectivity index (χ1) is 10.0. The molecule has 0 fully saturated rings. The Labute approximate surface area is 129 Å². The first-order valence-corrected chi connectivity index (χ1v) is 7.96. The second kappa shape index (κ2) is 6.76. The van der Waals surface area contributed by atoms with Gasteiger partial charge in [-0.15, -0.1) is 11.8 Å². The van der Waals surface area contributed by atoms with Gasteiger partial charge in [-0.1, -0.05) is 12.1 Å². The highest BCUT2D eigenvalue weighted by atomic mass is 32.2. The lowest BCUT2D eigenvalue weighted by Crippen LogP contribution is -2.38. The summed E-state index contributed by atoms with van der Waals surface area (Å²) in [7, 11) is 3.33. The maximum absolute atomic E-state index is 12.3. The van der Waals surface area contributed by atoms with Crippen molar-refractivity contribution in [1.82, 2.24) is 9.91 Å². The van der Waals surface area contributed by atoms with Crippen LogP contribution in [-0.4, -0.2) is 47.8 Å². The Balaban J connectivity index is 2.02. The third-order valence-corrected chi connectivity index (χ3v) is 4.12. The molecule has 0 aliphatic carbocycles. The molecule has 0 spiro atoms. The van der Waals surface area contributed by atoms with E-state index in [2.05, 4.69) is 5.10 Å². The summed E-state index contributed by atoms with van der Waals surface area (Å²) in [6, 6.07) is 8.13. The summed E-state index contributed by atoms with van der Waals surface area (Å²) >= 11 is 1.69. The zero-order chi connectivity index (χ0) is 15.4. The van der Waals surface area contributed by atoms with Crippen LogP contribution in [0.15, 0.2) is 34.3 Å². The molecule has 2 amide bonds. The Morgan fingerprint density at radius 2 is 2.00 bits per heavy atom. The van der Waals surface area contributed by atoms with Gasteiger partial charge in [-0.25, -0.2) is 5.01 Å². The quantitative estimate of drug-likeness (QED) is 0.799. The summed E-state index contributed by atoms with van der Waals surface area (Å²) in [6.07, 6.45) is 2.79. The highest BCUT2D eigenvalue weighted by Gasteiger charge is 2.24. The number of nitrogens with zero attached hydrogens (tertiary/aromatic N) is 3. The molecule has 112 valence electrons. The molecule has 0 bridgehead atoms. The van der Waals surface area contributed by atoms with Crippen LogP contribution in [0.25, 0.3) is 0 Å². The van der Waals surface area contributed by atoms with E-state index in [1.165, 1.54) is 9.90 Å². The lowest BCUT2D eigenvalue weighted by atomic mass is 10.1. The molecule has 1 aromatic rings. The van der Waals surface area contributed by atoms with Gasteiger partial charge in [0.25, 0.3) is 5.91 Å². The number of carbonyl (C=O) groups excluding carboxylic acids is 2. The van der Waals surface area contributed by atoms with E-state index < -0.39 is 0 Å². The van der Waals surface area contributed by atoms with Gasteiger partial charge in [0, 0.05) is 38.4 Å². The smallest absolute Gasteiger partial charge is 0.270 e. The van der Waals surface area contributed by atoms with E-state index in [-0.39, 0.29) is 11.8 Å². The highest BCUT2D eigenvalue weighted by Crippen LogP contribution is 2.16. The van der Waals surface area contributed by atoms with Crippen LogP contribution in [0.4, 0.5) is 0 Å². The van der Waals surface area contributed by atoms with Gasteiger partial charge in [-0.2, -0.15) is 5.10 Å². The number of hydrogen-bond acceptors (Lipinski definition) is 4. The van der Waals surface area contributed by atoms with E-state index in [0.29, 0.717) is 25.1 Å². The summed E-state index contributed by atoms with van der Waals surface area (Å²) in [5, 5.41) is 5.31. The summed E-state index contributed by atoms with van der Waals surface area (Å²) in [6.45, 7) is 0.532. The molecule has 1 aliphatic rings. The molecule has 0 radical (unpaired) electrons. The van der Waals surface area contributed by atoms with Crippen molar-refractivity contribution in [3.05, 3.63) is 29.8 Å². The normalized spacial score (nSPS) is 14.9. The van der Waals surface area contributed by atoms with Gasteiger partial charge in [0.2, 0.25) is 5.91 Å². The standard InChI is InChI=1S/C15H19N3O2S/c1-17(10-11-4-6-12(21-3)7-5-11)15(20)13-8-9-14(19)18(2)16-13/h4-7H,8-10H2,1-3H3. The molecule has 2 rings (SSSR count). The minimum Gasteiger partial charge on any atom is -0.336 e. The van der Waals surface area contributed by atoms with Gasteiger partial charge in [0.1, 0.15) is 5.71 Å². The van der Waals surface area contributed by atoms with Gasteiger partial charge in [-0.05, 0) is 24.0 Å². The van der Waals surface area contributed by atoms with Gasteiger partial charge in [-0.3, -0.25) is 9.59 Å². The van der Waals surface area contributed by atoms with Crippen molar-refractivity contribution < 1.29 is 9.59 Å². The first kappa shape index (κ1) is 15.6. The largest absolute Gasteiger partial charge is 0.336 e. The topological polar surface area (TPSA) is 53.0 Å². The van der Waals surface area contributed by atoms with E-state index in [9.17, 15) is 9.59 Å². The summed E-state index contributed by atoms with van der Waals surface area (Å²) in [5.74, 6) is -0.176. The predicted octanol–water partition coefficient (Wildman–Crippen LogP) is 1.98. The van der Waals surface area contributed by atoms with Crippen molar-refractivity contribution in [3.63, 3.8) is 0 Å². The maximum Gasteiger partial charge on any atom is 0.270 e. The van der Waals surface area contributed by atoms with Crippen LogP contribution >= 0.6 is 11.8 Å². The number of benzene rings is 1.